The fourth-order valence-electron chi connectivity index (χ4n) is 1.39. The van der Waals surface area contributed by atoms with E-state index in [9.17, 15) is 0 Å². The van der Waals surface area contributed by atoms with Gasteiger partial charge in [0.2, 0.25) is 0 Å². The van der Waals surface area contributed by atoms with E-state index >= 15 is 0 Å². The first kappa shape index (κ1) is 8.06. The second kappa shape index (κ2) is 3.97. The number of rotatable bonds is 3. The summed E-state index contributed by atoms with van der Waals surface area (Å²) in [5, 5.41) is 0. The van der Waals surface area contributed by atoms with E-state index in [1.54, 1.807) is 0 Å². The van der Waals surface area contributed by atoms with Crippen molar-refractivity contribution in [3.63, 3.8) is 0 Å². The summed E-state index contributed by atoms with van der Waals surface area (Å²) in [4.78, 5) is 0. The summed E-state index contributed by atoms with van der Waals surface area (Å²) in [5.41, 5.74) is 0. The van der Waals surface area contributed by atoms with Gasteiger partial charge in [-0.1, -0.05) is 13.8 Å². The van der Waals surface area contributed by atoms with Gasteiger partial charge in [-0.15, -0.1) is 0 Å². The molecule has 0 radical (unpaired) electrons. The molecule has 0 bridgehead atoms. The zero-order valence-electron chi connectivity index (χ0n) is 7.10. The topological polar surface area (TPSA) is 9.23 Å². The molecule has 0 amide bonds. The largest absolute Gasteiger partial charge is 0.378 e. The summed E-state index contributed by atoms with van der Waals surface area (Å²) in [6.07, 6.45) is 5.78. The molecule has 0 aromatic rings. The first-order valence-electron chi connectivity index (χ1n) is 4.40. The molecular weight excluding hydrogens is 124 g/mol. The lowest BCUT2D eigenvalue weighted by Gasteiger charge is -2.09. The third kappa shape index (κ3) is 2.70. The van der Waals surface area contributed by atoms with Crippen LogP contribution in [0.2, 0.25) is 0 Å². The highest BCUT2D eigenvalue weighted by molar-refractivity contribution is 4.65. The summed E-state index contributed by atoms with van der Waals surface area (Å²) in [7, 11) is 0. The van der Waals surface area contributed by atoms with E-state index in [1.165, 1.54) is 25.7 Å². The summed E-state index contributed by atoms with van der Waals surface area (Å²) in [6, 6.07) is 0. The average Bonchev–Trinajstić information content (AvgIpc) is 2.34. The quantitative estimate of drug-likeness (QED) is 0.588. The number of hydrogen-bond donors (Lipinski definition) is 0. The Kier molecular flexibility index (Phi) is 3.20. The van der Waals surface area contributed by atoms with Crippen LogP contribution in [-0.4, -0.2) is 12.7 Å². The first-order valence-corrected chi connectivity index (χ1v) is 4.40. The minimum atomic E-state index is 0.599. The molecule has 0 N–H and O–H groups in total. The molecule has 0 aromatic heterocycles. The monoisotopic (exact) mass is 142 g/mol. The summed E-state index contributed by atoms with van der Waals surface area (Å²) in [6.45, 7) is 5.55. The van der Waals surface area contributed by atoms with Gasteiger partial charge in [-0.25, -0.2) is 0 Å². The zero-order chi connectivity index (χ0) is 7.40. The van der Waals surface area contributed by atoms with Crippen molar-refractivity contribution in [1.29, 1.82) is 0 Å². The molecule has 1 atom stereocenters. The van der Waals surface area contributed by atoms with Gasteiger partial charge in [-0.2, -0.15) is 0 Å². The predicted molar refractivity (Wildman–Crippen MR) is 43.0 cm³/mol. The molecule has 0 aliphatic carbocycles. The maximum atomic E-state index is 5.50. The van der Waals surface area contributed by atoms with Crippen LogP contribution in [0.4, 0.5) is 0 Å². The van der Waals surface area contributed by atoms with Crippen LogP contribution in [0.3, 0.4) is 0 Å². The molecule has 1 rings (SSSR count). The van der Waals surface area contributed by atoms with Gasteiger partial charge in [-0.3, -0.25) is 0 Å². The highest BCUT2D eigenvalue weighted by Crippen LogP contribution is 2.18. The van der Waals surface area contributed by atoms with E-state index in [0.29, 0.717) is 6.10 Å². The molecule has 1 nitrogen and oxygen atoms in total. The van der Waals surface area contributed by atoms with E-state index < -0.39 is 0 Å². The molecule has 1 heterocycles. The van der Waals surface area contributed by atoms with Crippen LogP contribution in [0.1, 0.15) is 39.5 Å². The van der Waals surface area contributed by atoms with Crippen LogP contribution < -0.4 is 0 Å². The summed E-state index contributed by atoms with van der Waals surface area (Å²) >= 11 is 0. The van der Waals surface area contributed by atoms with Gasteiger partial charge in [0.15, 0.2) is 0 Å². The minimum Gasteiger partial charge on any atom is -0.378 e. The van der Waals surface area contributed by atoms with Crippen LogP contribution in [0.5, 0.6) is 0 Å². The Morgan fingerprint density at radius 3 is 2.80 bits per heavy atom. The molecule has 1 fully saturated rings. The number of ether oxygens (including phenoxy) is 1. The van der Waals surface area contributed by atoms with E-state index in [2.05, 4.69) is 13.8 Å². The third-order valence-electron chi connectivity index (χ3n) is 2.09. The Balaban J connectivity index is 2.01. The fourth-order valence-corrected chi connectivity index (χ4v) is 1.39. The zero-order valence-corrected chi connectivity index (χ0v) is 7.10. The minimum absolute atomic E-state index is 0.599. The molecule has 1 saturated heterocycles. The number of hydrogen-bond acceptors (Lipinski definition) is 1. The molecule has 0 aromatic carbocycles. The molecule has 0 saturated carbocycles. The average molecular weight is 142 g/mol. The lowest BCUT2D eigenvalue weighted by Crippen LogP contribution is -2.05. The Hall–Kier alpha value is -0.0400. The van der Waals surface area contributed by atoms with Gasteiger partial charge in [-0.05, 0) is 31.6 Å². The second-order valence-electron chi connectivity index (χ2n) is 3.61. The lowest BCUT2D eigenvalue weighted by atomic mass is 10.0. The van der Waals surface area contributed by atoms with Crippen molar-refractivity contribution in [1.82, 2.24) is 0 Å². The van der Waals surface area contributed by atoms with E-state index in [-0.39, 0.29) is 0 Å². The van der Waals surface area contributed by atoms with E-state index in [0.717, 1.165) is 12.5 Å². The van der Waals surface area contributed by atoms with Gasteiger partial charge >= 0.3 is 0 Å². The SMILES string of the molecule is CC(C)CCC1CCCO1. The molecule has 0 spiro atoms. The molecule has 1 aliphatic rings. The summed E-state index contributed by atoms with van der Waals surface area (Å²) in [5.74, 6) is 0.837. The fraction of sp³-hybridized carbons (Fsp3) is 1.00. The van der Waals surface area contributed by atoms with Crippen LogP contribution in [0.15, 0.2) is 0 Å². The van der Waals surface area contributed by atoms with Gasteiger partial charge in [0.1, 0.15) is 0 Å². The standard InChI is InChI=1S/C9H18O/c1-8(2)5-6-9-4-3-7-10-9/h8-9H,3-7H2,1-2H3. The third-order valence-corrected chi connectivity index (χ3v) is 2.09. The van der Waals surface area contributed by atoms with Crippen molar-refractivity contribution in [2.75, 3.05) is 6.61 Å². The molecule has 1 unspecified atom stereocenters. The van der Waals surface area contributed by atoms with Crippen LogP contribution in [0, 0.1) is 5.92 Å². The van der Waals surface area contributed by atoms with Crippen molar-refractivity contribution in [3.05, 3.63) is 0 Å². The predicted octanol–water partition coefficient (Wildman–Crippen LogP) is 2.60. The van der Waals surface area contributed by atoms with Crippen LogP contribution >= 0.6 is 0 Å². The maximum Gasteiger partial charge on any atom is 0.0576 e. The Morgan fingerprint density at radius 2 is 2.30 bits per heavy atom. The molecular formula is C9H18O. The highest BCUT2D eigenvalue weighted by Gasteiger charge is 2.14. The van der Waals surface area contributed by atoms with Crippen molar-refractivity contribution in [2.24, 2.45) is 5.92 Å². The molecule has 10 heavy (non-hydrogen) atoms. The Bertz CT molecular complexity index is 82.7. The highest BCUT2D eigenvalue weighted by atomic mass is 16.5. The van der Waals surface area contributed by atoms with Gasteiger partial charge < -0.3 is 4.74 Å². The smallest absolute Gasteiger partial charge is 0.0576 e. The molecule has 1 aliphatic heterocycles. The second-order valence-corrected chi connectivity index (χ2v) is 3.61. The Labute approximate surface area is 63.8 Å². The van der Waals surface area contributed by atoms with Crippen molar-refractivity contribution < 1.29 is 4.74 Å². The molecule has 60 valence electrons. The summed E-state index contributed by atoms with van der Waals surface area (Å²) < 4.78 is 5.50. The van der Waals surface area contributed by atoms with Crippen LogP contribution in [-0.2, 0) is 4.74 Å². The van der Waals surface area contributed by atoms with Crippen molar-refractivity contribution in [2.45, 2.75) is 45.6 Å². The van der Waals surface area contributed by atoms with Crippen molar-refractivity contribution >= 4 is 0 Å². The molecule has 1 heteroatoms. The van der Waals surface area contributed by atoms with Crippen LogP contribution in [0.25, 0.3) is 0 Å². The van der Waals surface area contributed by atoms with Crippen molar-refractivity contribution in [3.8, 4) is 0 Å². The van der Waals surface area contributed by atoms with E-state index in [4.69, 9.17) is 4.74 Å². The first-order chi connectivity index (χ1) is 4.79. The van der Waals surface area contributed by atoms with E-state index in [1.807, 2.05) is 0 Å². The maximum absolute atomic E-state index is 5.50. The van der Waals surface area contributed by atoms with Gasteiger partial charge in [0.25, 0.3) is 0 Å². The van der Waals surface area contributed by atoms with Gasteiger partial charge in [0, 0.05) is 6.61 Å². The Morgan fingerprint density at radius 1 is 1.50 bits per heavy atom. The lowest BCUT2D eigenvalue weighted by molar-refractivity contribution is 0.0994. The van der Waals surface area contributed by atoms with Gasteiger partial charge in [0.05, 0.1) is 6.10 Å². The normalized spacial score (nSPS) is 26.1.